The summed E-state index contributed by atoms with van der Waals surface area (Å²) < 4.78 is 20.4. The summed E-state index contributed by atoms with van der Waals surface area (Å²) in [6.07, 6.45) is 2.74. The minimum absolute atomic E-state index is 0.0115. The van der Waals surface area contributed by atoms with Crippen LogP contribution in [0.1, 0.15) is 30.0 Å². The molecule has 9 heteroatoms. The van der Waals surface area contributed by atoms with E-state index in [9.17, 15) is 9.18 Å². The fraction of sp³-hybridized carbons (Fsp3) is 0.278. The number of carbonyl (C=O) groups is 1. The van der Waals surface area contributed by atoms with E-state index in [1.807, 2.05) is 13.8 Å². The molecular formula is C18H19FN6O2. The van der Waals surface area contributed by atoms with Gasteiger partial charge < -0.3 is 10.1 Å². The van der Waals surface area contributed by atoms with Crippen molar-refractivity contribution in [3.8, 4) is 17.1 Å². The van der Waals surface area contributed by atoms with Gasteiger partial charge in [-0.05, 0) is 38.1 Å². The van der Waals surface area contributed by atoms with Gasteiger partial charge in [-0.2, -0.15) is 0 Å². The Bertz CT molecular complexity index is 922. The molecule has 0 saturated heterocycles. The first-order chi connectivity index (χ1) is 12.9. The molecule has 0 atom stereocenters. The smallest absolute Gasteiger partial charge is 0.271 e. The summed E-state index contributed by atoms with van der Waals surface area (Å²) in [6, 6.07) is 6.00. The van der Waals surface area contributed by atoms with Crippen LogP contribution in [0, 0.1) is 5.82 Å². The lowest BCUT2D eigenvalue weighted by Crippen LogP contribution is -2.30. The third kappa shape index (κ3) is 4.43. The van der Waals surface area contributed by atoms with E-state index < -0.39 is 0 Å². The van der Waals surface area contributed by atoms with Crippen LogP contribution in [0.25, 0.3) is 11.3 Å². The van der Waals surface area contributed by atoms with Gasteiger partial charge in [-0.25, -0.2) is 19.0 Å². The van der Waals surface area contributed by atoms with Gasteiger partial charge in [0, 0.05) is 18.7 Å². The van der Waals surface area contributed by atoms with Crippen LogP contribution in [0.2, 0.25) is 0 Å². The monoisotopic (exact) mass is 370 g/mol. The number of nitrogens with zero attached hydrogens (tertiary/aromatic N) is 5. The number of aromatic nitrogens is 5. The van der Waals surface area contributed by atoms with Crippen LogP contribution in [0.4, 0.5) is 4.39 Å². The van der Waals surface area contributed by atoms with E-state index in [1.54, 1.807) is 23.9 Å². The second kappa shape index (κ2) is 7.90. The van der Waals surface area contributed by atoms with Crippen LogP contribution in [-0.4, -0.2) is 36.9 Å². The van der Waals surface area contributed by atoms with E-state index in [-0.39, 0.29) is 35.9 Å². The van der Waals surface area contributed by atoms with Crippen molar-refractivity contribution >= 4 is 5.91 Å². The van der Waals surface area contributed by atoms with Gasteiger partial charge in [0.1, 0.15) is 29.5 Å². The average Bonchev–Trinajstić information content (AvgIpc) is 3.01. The normalized spacial score (nSPS) is 10.9. The number of benzene rings is 1. The number of ether oxygens (including phenoxy) is 1. The summed E-state index contributed by atoms with van der Waals surface area (Å²) in [5, 5.41) is 10.9. The molecular weight excluding hydrogens is 351 g/mol. The maximum Gasteiger partial charge on any atom is 0.271 e. The summed E-state index contributed by atoms with van der Waals surface area (Å²) in [5.41, 5.74) is 2.24. The summed E-state index contributed by atoms with van der Waals surface area (Å²) in [5.74, 6) is -0.349. The van der Waals surface area contributed by atoms with Crippen molar-refractivity contribution in [3.05, 3.63) is 53.9 Å². The second-order valence-electron chi connectivity index (χ2n) is 6.17. The van der Waals surface area contributed by atoms with E-state index in [0.717, 1.165) is 5.56 Å². The molecule has 0 aliphatic carbocycles. The standard InChI is InChI=1S/C18H19FN6O2/c1-11(2)22-18(26)14-8-21-16(9-20-14)27-10-15-17(23-24-25(15)3)12-4-6-13(19)7-5-12/h4-9,11H,10H2,1-3H3,(H,22,26). The van der Waals surface area contributed by atoms with Gasteiger partial charge in [-0.1, -0.05) is 5.21 Å². The van der Waals surface area contributed by atoms with Gasteiger partial charge in [0.2, 0.25) is 5.88 Å². The third-order valence-electron chi connectivity index (χ3n) is 3.70. The Morgan fingerprint density at radius 3 is 2.59 bits per heavy atom. The maximum atomic E-state index is 13.1. The van der Waals surface area contributed by atoms with Gasteiger partial charge in [0.15, 0.2) is 0 Å². The molecule has 2 heterocycles. The van der Waals surface area contributed by atoms with Crippen LogP contribution in [0.5, 0.6) is 5.88 Å². The fourth-order valence-electron chi connectivity index (χ4n) is 2.36. The Hall–Kier alpha value is -3.36. The Balaban J connectivity index is 1.71. The van der Waals surface area contributed by atoms with E-state index >= 15 is 0 Å². The molecule has 0 bridgehead atoms. The van der Waals surface area contributed by atoms with Crippen molar-refractivity contribution in [1.29, 1.82) is 0 Å². The Morgan fingerprint density at radius 2 is 1.96 bits per heavy atom. The Labute approximate surface area is 155 Å². The molecule has 27 heavy (non-hydrogen) atoms. The molecule has 8 nitrogen and oxygen atoms in total. The van der Waals surface area contributed by atoms with Crippen LogP contribution < -0.4 is 10.1 Å². The number of aryl methyl sites for hydroxylation is 1. The van der Waals surface area contributed by atoms with Gasteiger partial charge in [0.05, 0.1) is 12.4 Å². The highest BCUT2D eigenvalue weighted by molar-refractivity contribution is 5.92. The highest BCUT2D eigenvalue weighted by atomic mass is 19.1. The predicted molar refractivity (Wildman–Crippen MR) is 95.4 cm³/mol. The zero-order valence-corrected chi connectivity index (χ0v) is 15.2. The molecule has 0 aliphatic rings. The first-order valence-electron chi connectivity index (χ1n) is 8.34. The number of nitrogens with one attached hydrogen (secondary N) is 1. The highest BCUT2D eigenvalue weighted by Gasteiger charge is 2.15. The summed E-state index contributed by atoms with van der Waals surface area (Å²) >= 11 is 0. The number of rotatable bonds is 6. The molecule has 0 aliphatic heterocycles. The summed E-state index contributed by atoms with van der Waals surface area (Å²) in [4.78, 5) is 20.1. The minimum Gasteiger partial charge on any atom is -0.470 e. The first kappa shape index (κ1) is 18.4. The highest BCUT2D eigenvalue weighted by Crippen LogP contribution is 2.22. The quantitative estimate of drug-likeness (QED) is 0.714. The van der Waals surface area contributed by atoms with Gasteiger partial charge in [-0.15, -0.1) is 5.10 Å². The number of hydrogen-bond donors (Lipinski definition) is 1. The van der Waals surface area contributed by atoms with Gasteiger partial charge in [0.25, 0.3) is 5.91 Å². The van der Waals surface area contributed by atoms with Crippen LogP contribution >= 0.6 is 0 Å². The van der Waals surface area contributed by atoms with E-state index in [0.29, 0.717) is 11.4 Å². The zero-order chi connectivity index (χ0) is 19.4. The zero-order valence-electron chi connectivity index (χ0n) is 15.2. The summed E-state index contributed by atoms with van der Waals surface area (Å²) in [7, 11) is 1.74. The topological polar surface area (TPSA) is 94.8 Å². The lowest BCUT2D eigenvalue weighted by atomic mass is 10.1. The molecule has 0 radical (unpaired) electrons. The minimum atomic E-state index is -0.322. The molecule has 0 unspecified atom stereocenters. The van der Waals surface area contributed by atoms with Crippen LogP contribution in [0.15, 0.2) is 36.7 Å². The van der Waals surface area contributed by atoms with Crippen molar-refractivity contribution in [3.63, 3.8) is 0 Å². The fourth-order valence-corrected chi connectivity index (χ4v) is 2.36. The van der Waals surface area contributed by atoms with Gasteiger partial charge >= 0.3 is 0 Å². The number of amides is 1. The molecule has 140 valence electrons. The molecule has 3 aromatic rings. The van der Waals surface area contributed by atoms with Crippen molar-refractivity contribution < 1.29 is 13.9 Å². The molecule has 0 saturated carbocycles. The van der Waals surface area contributed by atoms with Gasteiger partial charge in [-0.3, -0.25) is 4.79 Å². The molecule has 3 rings (SSSR count). The number of carbonyl (C=O) groups excluding carboxylic acids is 1. The summed E-state index contributed by atoms with van der Waals surface area (Å²) in [6.45, 7) is 3.87. The van der Waals surface area contributed by atoms with Crippen LogP contribution in [0.3, 0.4) is 0 Å². The maximum absolute atomic E-state index is 13.1. The van der Waals surface area contributed by atoms with Crippen molar-refractivity contribution in [1.82, 2.24) is 30.3 Å². The van der Waals surface area contributed by atoms with E-state index in [4.69, 9.17) is 4.74 Å². The molecule has 0 spiro atoms. The van der Waals surface area contributed by atoms with Crippen molar-refractivity contribution in [2.75, 3.05) is 0 Å². The second-order valence-corrected chi connectivity index (χ2v) is 6.17. The SMILES string of the molecule is CC(C)NC(=O)c1cnc(OCc2c(-c3ccc(F)cc3)nnn2C)cn1. The Kier molecular flexibility index (Phi) is 5.39. The lowest BCUT2D eigenvalue weighted by Gasteiger charge is -2.09. The average molecular weight is 370 g/mol. The molecule has 1 amide bonds. The molecule has 1 N–H and O–H groups in total. The van der Waals surface area contributed by atoms with E-state index in [1.165, 1.54) is 24.5 Å². The van der Waals surface area contributed by atoms with E-state index in [2.05, 4.69) is 25.6 Å². The van der Waals surface area contributed by atoms with Crippen molar-refractivity contribution in [2.24, 2.45) is 7.05 Å². The molecule has 1 aromatic carbocycles. The lowest BCUT2D eigenvalue weighted by molar-refractivity contribution is 0.0937. The third-order valence-corrected chi connectivity index (χ3v) is 3.70. The number of hydrogen-bond acceptors (Lipinski definition) is 6. The predicted octanol–water partition coefficient (Wildman–Crippen LogP) is 2.13. The number of halogens is 1. The largest absolute Gasteiger partial charge is 0.470 e. The molecule has 2 aromatic heterocycles. The van der Waals surface area contributed by atoms with Crippen LogP contribution in [-0.2, 0) is 13.7 Å². The first-order valence-corrected chi connectivity index (χ1v) is 8.34. The Morgan fingerprint density at radius 1 is 1.22 bits per heavy atom. The van der Waals surface area contributed by atoms with Crippen molar-refractivity contribution in [2.45, 2.75) is 26.5 Å². The molecule has 0 fully saturated rings.